The monoisotopic (exact) mass is 546 g/mol. The highest BCUT2D eigenvalue weighted by Crippen LogP contribution is 2.39. The summed E-state index contributed by atoms with van der Waals surface area (Å²) < 4.78 is 50.2. The maximum atomic E-state index is 13.7. The number of hydrogen-bond donors (Lipinski definition) is 1. The maximum absolute atomic E-state index is 13.7. The number of fused-ring (bicyclic) bond motifs is 1. The molecule has 1 N–H and O–H groups in total. The van der Waals surface area contributed by atoms with Crippen LogP contribution in [0, 0.1) is 0 Å². The summed E-state index contributed by atoms with van der Waals surface area (Å²) in [5.74, 6) is 1.42. The number of amides is 1. The van der Waals surface area contributed by atoms with Crippen molar-refractivity contribution in [2.24, 2.45) is 0 Å². The fourth-order valence-electron chi connectivity index (χ4n) is 4.03. The van der Waals surface area contributed by atoms with E-state index < -0.39 is 28.1 Å². The van der Waals surface area contributed by atoms with Gasteiger partial charge in [-0.2, -0.15) is 0 Å². The molecule has 3 aromatic carbocycles. The van der Waals surface area contributed by atoms with Crippen LogP contribution in [0.5, 0.6) is 23.0 Å². The fourth-order valence-corrected chi connectivity index (χ4v) is 5.66. The van der Waals surface area contributed by atoms with Crippen LogP contribution in [0.15, 0.2) is 65.6 Å². The molecule has 11 heteroatoms. The van der Waals surface area contributed by atoms with Crippen LogP contribution < -0.4 is 28.6 Å². The number of ether oxygens (including phenoxy) is 4. The minimum Gasteiger partial charge on any atom is -0.497 e. The van der Waals surface area contributed by atoms with Gasteiger partial charge in [0.1, 0.15) is 23.0 Å². The van der Waals surface area contributed by atoms with Crippen LogP contribution >= 0.6 is 11.6 Å². The van der Waals surface area contributed by atoms with Gasteiger partial charge >= 0.3 is 0 Å². The summed E-state index contributed by atoms with van der Waals surface area (Å²) in [5.41, 5.74) is 0.941. The van der Waals surface area contributed by atoms with Crippen LogP contribution in [-0.4, -0.2) is 48.3 Å². The molecule has 2 unspecified atom stereocenters. The van der Waals surface area contributed by atoms with Gasteiger partial charge in [-0.25, -0.2) is 8.42 Å². The third-order valence-corrected chi connectivity index (χ3v) is 8.02. The average Bonchev–Trinajstić information content (AvgIpc) is 2.91. The normalized spacial score (nSPS) is 15.7. The molecule has 4 rings (SSSR count). The van der Waals surface area contributed by atoms with Crippen molar-refractivity contribution in [1.82, 2.24) is 5.32 Å². The molecular formula is C26H27ClN2O7S. The van der Waals surface area contributed by atoms with E-state index in [1.54, 1.807) is 56.5 Å². The number of nitrogens with zero attached hydrogens (tertiary/aromatic N) is 1. The van der Waals surface area contributed by atoms with Gasteiger partial charge in [0.25, 0.3) is 15.9 Å². The summed E-state index contributed by atoms with van der Waals surface area (Å²) in [6.45, 7) is 1.53. The third kappa shape index (κ3) is 5.40. The number of anilines is 1. The van der Waals surface area contributed by atoms with Gasteiger partial charge in [-0.3, -0.25) is 9.10 Å². The summed E-state index contributed by atoms with van der Waals surface area (Å²) >= 11 is 6.17. The standard InChI is InChI=1S/C26H27ClN2O7S/c1-16(21-14-19(34-3)8-12-23(21)35-4)28-26(30)25-15-29(22-13-17(27)5-11-24(22)36-25)37(31,32)20-9-6-18(33-2)7-10-20/h5-14,16,25H,15H2,1-4H3,(H,28,30). The zero-order chi connectivity index (χ0) is 26.7. The highest BCUT2D eigenvalue weighted by molar-refractivity contribution is 7.92. The van der Waals surface area contributed by atoms with E-state index in [0.29, 0.717) is 27.8 Å². The lowest BCUT2D eigenvalue weighted by Gasteiger charge is -2.35. The Morgan fingerprint density at radius 2 is 1.68 bits per heavy atom. The van der Waals surface area contributed by atoms with Gasteiger partial charge in [0, 0.05) is 10.6 Å². The summed E-state index contributed by atoms with van der Waals surface area (Å²) in [5, 5.41) is 3.23. The topological polar surface area (TPSA) is 103 Å². The minimum absolute atomic E-state index is 0.0368. The quantitative estimate of drug-likeness (QED) is 0.451. The van der Waals surface area contributed by atoms with E-state index in [1.807, 2.05) is 0 Å². The molecule has 0 bridgehead atoms. The predicted molar refractivity (Wildman–Crippen MR) is 139 cm³/mol. The average molecular weight is 547 g/mol. The van der Waals surface area contributed by atoms with Crippen LogP contribution in [0.1, 0.15) is 18.5 Å². The molecule has 0 saturated heterocycles. The van der Waals surface area contributed by atoms with Gasteiger partial charge in [-0.15, -0.1) is 0 Å². The van der Waals surface area contributed by atoms with Gasteiger partial charge in [0.05, 0.1) is 44.5 Å². The van der Waals surface area contributed by atoms with Crippen LogP contribution in [0.25, 0.3) is 0 Å². The Bertz CT molecular complexity index is 1400. The van der Waals surface area contributed by atoms with Crippen molar-refractivity contribution in [1.29, 1.82) is 0 Å². The van der Waals surface area contributed by atoms with E-state index in [4.69, 9.17) is 30.5 Å². The van der Waals surface area contributed by atoms with E-state index in [0.717, 1.165) is 4.31 Å². The first kappa shape index (κ1) is 26.4. The lowest BCUT2D eigenvalue weighted by molar-refractivity contribution is -0.128. The Labute approximate surface area is 220 Å². The number of halogens is 1. The number of sulfonamides is 1. The van der Waals surface area contributed by atoms with Crippen molar-refractivity contribution in [3.63, 3.8) is 0 Å². The summed E-state index contributed by atoms with van der Waals surface area (Å²) in [4.78, 5) is 13.4. The lowest BCUT2D eigenvalue weighted by Crippen LogP contribution is -2.51. The SMILES string of the molecule is COc1ccc(S(=O)(=O)N2CC(C(=O)NC(C)c3cc(OC)ccc3OC)Oc3ccc(Cl)cc32)cc1. The number of carbonyl (C=O) groups is 1. The fraction of sp³-hybridized carbons (Fsp3) is 0.269. The van der Waals surface area contributed by atoms with E-state index in [1.165, 1.54) is 32.4 Å². The van der Waals surface area contributed by atoms with Crippen molar-refractivity contribution >= 4 is 33.2 Å². The van der Waals surface area contributed by atoms with Crippen LogP contribution in [0.4, 0.5) is 5.69 Å². The lowest BCUT2D eigenvalue weighted by atomic mass is 10.1. The summed E-state index contributed by atoms with van der Waals surface area (Å²) in [6.07, 6.45) is -1.12. The highest BCUT2D eigenvalue weighted by atomic mass is 35.5. The molecule has 0 saturated carbocycles. The van der Waals surface area contributed by atoms with Crippen molar-refractivity contribution in [2.45, 2.75) is 24.0 Å². The largest absolute Gasteiger partial charge is 0.497 e. The number of nitrogens with one attached hydrogen (secondary N) is 1. The number of methoxy groups -OCH3 is 3. The molecule has 9 nitrogen and oxygen atoms in total. The second-order valence-corrected chi connectivity index (χ2v) is 10.6. The molecule has 1 aliphatic heterocycles. The molecule has 1 heterocycles. The van der Waals surface area contributed by atoms with Gasteiger partial charge < -0.3 is 24.3 Å². The molecule has 1 amide bonds. The van der Waals surface area contributed by atoms with Crippen molar-refractivity contribution in [3.8, 4) is 23.0 Å². The van der Waals surface area contributed by atoms with E-state index in [2.05, 4.69) is 5.32 Å². The van der Waals surface area contributed by atoms with Crippen LogP contribution in [0.3, 0.4) is 0 Å². The van der Waals surface area contributed by atoms with Crippen molar-refractivity contribution in [2.75, 3.05) is 32.2 Å². The van der Waals surface area contributed by atoms with E-state index >= 15 is 0 Å². The maximum Gasteiger partial charge on any atom is 0.264 e. The molecule has 0 aliphatic carbocycles. The summed E-state index contributed by atoms with van der Waals surface area (Å²) in [7, 11) is 0.517. The minimum atomic E-state index is -4.06. The van der Waals surface area contributed by atoms with Gasteiger partial charge in [0.15, 0.2) is 6.10 Å². The Balaban J connectivity index is 1.64. The second-order valence-electron chi connectivity index (χ2n) is 8.27. The van der Waals surface area contributed by atoms with Crippen LogP contribution in [0.2, 0.25) is 5.02 Å². The number of carbonyl (C=O) groups excluding carboxylic acids is 1. The first-order valence-electron chi connectivity index (χ1n) is 11.3. The number of rotatable bonds is 8. The van der Waals surface area contributed by atoms with E-state index in [-0.39, 0.29) is 22.9 Å². The van der Waals surface area contributed by atoms with Gasteiger partial charge in [0.2, 0.25) is 0 Å². The molecular weight excluding hydrogens is 520 g/mol. The molecule has 37 heavy (non-hydrogen) atoms. The Morgan fingerprint density at radius 1 is 1.00 bits per heavy atom. The molecule has 3 aromatic rings. The molecule has 0 spiro atoms. The number of benzene rings is 3. The first-order chi connectivity index (χ1) is 17.7. The smallest absolute Gasteiger partial charge is 0.264 e. The molecule has 0 fully saturated rings. The molecule has 0 radical (unpaired) electrons. The Kier molecular flexibility index (Phi) is 7.70. The molecule has 0 aromatic heterocycles. The van der Waals surface area contributed by atoms with Crippen LogP contribution in [-0.2, 0) is 14.8 Å². The van der Waals surface area contributed by atoms with Crippen molar-refractivity contribution < 1.29 is 32.2 Å². The molecule has 196 valence electrons. The first-order valence-corrected chi connectivity index (χ1v) is 13.1. The predicted octanol–water partition coefficient (Wildman–Crippen LogP) is 4.20. The van der Waals surface area contributed by atoms with Gasteiger partial charge in [-0.05, 0) is 67.6 Å². The molecule has 1 aliphatic rings. The van der Waals surface area contributed by atoms with E-state index in [9.17, 15) is 13.2 Å². The Morgan fingerprint density at radius 3 is 2.32 bits per heavy atom. The number of hydrogen-bond acceptors (Lipinski definition) is 7. The van der Waals surface area contributed by atoms with Gasteiger partial charge in [-0.1, -0.05) is 11.6 Å². The molecule has 2 atom stereocenters. The zero-order valence-electron chi connectivity index (χ0n) is 20.7. The van der Waals surface area contributed by atoms with Crippen molar-refractivity contribution in [3.05, 3.63) is 71.2 Å². The summed E-state index contributed by atoms with van der Waals surface area (Å²) in [6, 6.07) is 15.4. The third-order valence-electron chi connectivity index (χ3n) is 5.99. The highest BCUT2D eigenvalue weighted by Gasteiger charge is 2.38. The zero-order valence-corrected chi connectivity index (χ0v) is 22.3. The Hall–Kier alpha value is -3.63. The second kappa shape index (κ2) is 10.8.